The van der Waals surface area contributed by atoms with Crippen LogP contribution in [0.3, 0.4) is 0 Å². The first-order valence-corrected chi connectivity index (χ1v) is 1.19. The van der Waals surface area contributed by atoms with Crippen LogP contribution in [0.1, 0.15) is 0 Å². The summed E-state index contributed by atoms with van der Waals surface area (Å²) in [6.07, 6.45) is 0. The third-order valence-corrected chi connectivity index (χ3v) is 0.175. The van der Waals surface area contributed by atoms with E-state index in [1.165, 1.54) is 0 Å². The van der Waals surface area contributed by atoms with Crippen molar-refractivity contribution in [1.29, 1.82) is 0 Å². The largest absolute Gasteiger partial charge is 0.480 e. The molecule has 0 rings (SSSR count). The molecule has 3 N–H and O–H groups in total. The molecular formula is C2H11AlCl3NO2Zr. The second kappa shape index (κ2) is 31.0. The van der Waals surface area contributed by atoms with E-state index >= 15 is 0 Å². The van der Waals surface area contributed by atoms with Crippen molar-refractivity contribution in [2.24, 2.45) is 5.73 Å². The van der Waals surface area contributed by atoms with E-state index in [0.717, 1.165) is 0 Å². The smallest absolute Gasteiger partial charge is 0.317 e. The molecule has 0 aromatic carbocycles. The summed E-state index contributed by atoms with van der Waals surface area (Å²) in [5.41, 5.74) is 4.57. The number of nitrogens with two attached hydrogens (primary N) is 1. The predicted molar refractivity (Wildman–Crippen MR) is 48.4 cm³/mol. The topological polar surface area (TPSA) is 63.3 Å². The molecule has 3 nitrogen and oxygen atoms in total. The van der Waals surface area contributed by atoms with Gasteiger partial charge in [-0.15, -0.1) is 37.2 Å². The zero-order chi connectivity index (χ0) is 4.28. The van der Waals surface area contributed by atoms with Crippen LogP contribution in [0.2, 0.25) is 0 Å². The summed E-state index contributed by atoms with van der Waals surface area (Å²) in [6, 6.07) is 0. The summed E-state index contributed by atoms with van der Waals surface area (Å²) in [6.45, 7) is -0.278. The van der Waals surface area contributed by atoms with Crippen molar-refractivity contribution in [3.8, 4) is 0 Å². The Balaban J connectivity index is -0.00000000800. The minimum atomic E-state index is -0.968. The van der Waals surface area contributed by atoms with Gasteiger partial charge in [-0.1, -0.05) is 0 Å². The average Bonchev–Trinajstić information content (AvgIpc) is 1.38. The van der Waals surface area contributed by atoms with E-state index < -0.39 is 5.97 Å². The Hall–Kier alpha value is 1.72. The number of carboxylic acids is 1. The van der Waals surface area contributed by atoms with Crippen molar-refractivity contribution in [1.82, 2.24) is 0 Å². The summed E-state index contributed by atoms with van der Waals surface area (Å²) in [5.74, 6) is -0.968. The first-order chi connectivity index (χ1) is 2.27. The van der Waals surface area contributed by atoms with E-state index in [2.05, 4.69) is 5.73 Å². The third kappa shape index (κ3) is 53.5. The van der Waals surface area contributed by atoms with Crippen LogP contribution in [0.5, 0.6) is 0 Å². The maximum absolute atomic E-state index is 9.24. The molecule has 0 spiro atoms. The summed E-state index contributed by atoms with van der Waals surface area (Å²) in [5, 5.41) is 7.60. The van der Waals surface area contributed by atoms with Crippen LogP contribution in [-0.2, 0) is 31.0 Å². The van der Waals surface area contributed by atoms with Crippen LogP contribution in [0.15, 0.2) is 0 Å². The number of rotatable bonds is 1. The Labute approximate surface area is 108 Å². The van der Waals surface area contributed by atoms with Crippen molar-refractivity contribution >= 4 is 60.6 Å². The molecule has 0 aromatic heterocycles. The minimum Gasteiger partial charge on any atom is -0.480 e. The molecule has 0 bridgehead atoms. The monoisotopic (exact) mass is 303 g/mol. The Bertz CT molecular complexity index is 59.8. The van der Waals surface area contributed by atoms with Gasteiger partial charge in [-0.25, -0.2) is 0 Å². The van der Waals surface area contributed by atoms with Crippen LogP contribution in [0, 0.1) is 0 Å². The Morgan fingerprint density at radius 2 is 1.40 bits per heavy atom. The Morgan fingerprint density at radius 3 is 1.40 bits per heavy atom. The van der Waals surface area contributed by atoms with Crippen LogP contribution in [-0.4, -0.2) is 35.0 Å². The molecule has 0 aliphatic carbocycles. The predicted octanol–water partition coefficient (Wildman–Crippen LogP) is -0.891. The molecule has 0 radical (unpaired) electrons. The molecule has 0 aliphatic rings. The van der Waals surface area contributed by atoms with Gasteiger partial charge in [-0.05, 0) is 0 Å². The van der Waals surface area contributed by atoms with Crippen molar-refractivity contribution in [3.05, 3.63) is 0 Å². The first kappa shape index (κ1) is 41.2. The maximum Gasteiger partial charge on any atom is 0.317 e. The van der Waals surface area contributed by atoms with Gasteiger partial charge in [-0.3, -0.25) is 4.79 Å². The van der Waals surface area contributed by atoms with Gasteiger partial charge in [-0.2, -0.15) is 0 Å². The molecule has 0 amide bonds. The fourth-order valence-corrected chi connectivity index (χ4v) is 0. The van der Waals surface area contributed by atoms with E-state index in [4.69, 9.17) is 5.11 Å². The molecule has 0 aromatic rings. The van der Waals surface area contributed by atoms with E-state index in [-0.39, 0.29) is 87.3 Å². The SMILES string of the molecule is Cl.Cl.Cl.NCC(=O)O.[AlH3].[Zr]. The summed E-state index contributed by atoms with van der Waals surface area (Å²) in [7, 11) is 0. The minimum absolute atomic E-state index is 0. The van der Waals surface area contributed by atoms with Crippen LogP contribution >= 0.6 is 37.2 Å². The first-order valence-electron chi connectivity index (χ1n) is 1.19. The number of hydrogen-bond acceptors (Lipinski definition) is 2. The van der Waals surface area contributed by atoms with Crippen LogP contribution < -0.4 is 5.73 Å². The molecule has 0 saturated heterocycles. The Kier molecular flexibility index (Phi) is 127. The van der Waals surface area contributed by atoms with E-state index in [1.54, 1.807) is 0 Å². The fourth-order valence-electron chi connectivity index (χ4n) is 0. The van der Waals surface area contributed by atoms with E-state index in [9.17, 15) is 4.79 Å². The van der Waals surface area contributed by atoms with E-state index in [1.807, 2.05) is 0 Å². The molecule has 10 heavy (non-hydrogen) atoms. The molecule has 0 heterocycles. The number of carboxylic acid groups (broad SMARTS) is 1. The van der Waals surface area contributed by atoms with Crippen LogP contribution in [0.25, 0.3) is 0 Å². The standard InChI is InChI=1S/C2H5NO2.Al.3ClH.Zr.3H/c3-1-2(4)5;;;;;;;;/h1,3H2,(H,4,5);;3*1H;;;;. The number of aliphatic carboxylic acids is 1. The van der Waals surface area contributed by atoms with Gasteiger partial charge in [0.1, 0.15) is 0 Å². The molecule has 0 unspecified atom stereocenters. The van der Waals surface area contributed by atoms with Crippen molar-refractivity contribution in [3.63, 3.8) is 0 Å². The molecule has 0 fully saturated rings. The molecule has 0 atom stereocenters. The third-order valence-electron chi connectivity index (χ3n) is 0.175. The molecular weight excluding hydrogens is 295 g/mol. The van der Waals surface area contributed by atoms with Gasteiger partial charge in [0.05, 0.1) is 6.54 Å². The molecule has 0 aliphatic heterocycles. The summed E-state index contributed by atoms with van der Waals surface area (Å²) < 4.78 is 0. The number of hydrogen-bond donors (Lipinski definition) is 2. The zero-order valence-electron chi connectivity index (χ0n) is 4.36. The van der Waals surface area contributed by atoms with Gasteiger partial charge in [0.25, 0.3) is 0 Å². The van der Waals surface area contributed by atoms with Crippen molar-refractivity contribution < 1.29 is 36.1 Å². The van der Waals surface area contributed by atoms with Gasteiger partial charge in [0, 0.05) is 26.2 Å². The Morgan fingerprint density at radius 1 is 1.30 bits per heavy atom. The number of halogens is 3. The second-order valence-electron chi connectivity index (χ2n) is 0.598. The quantitative estimate of drug-likeness (QED) is 0.618. The van der Waals surface area contributed by atoms with Crippen molar-refractivity contribution in [2.45, 2.75) is 0 Å². The number of carbonyl (C=O) groups is 1. The van der Waals surface area contributed by atoms with Gasteiger partial charge >= 0.3 is 5.97 Å². The zero-order valence-corrected chi connectivity index (χ0v) is 9.27. The molecule has 8 heteroatoms. The van der Waals surface area contributed by atoms with Gasteiger partial charge < -0.3 is 10.8 Å². The van der Waals surface area contributed by atoms with Gasteiger partial charge in [0.15, 0.2) is 17.4 Å². The maximum atomic E-state index is 9.24. The molecule has 0 saturated carbocycles. The van der Waals surface area contributed by atoms with E-state index in [0.29, 0.717) is 0 Å². The summed E-state index contributed by atoms with van der Waals surface area (Å²) in [4.78, 5) is 9.24. The van der Waals surface area contributed by atoms with Crippen LogP contribution in [0.4, 0.5) is 0 Å². The normalized spacial score (nSPS) is 3.70. The molecule has 64 valence electrons. The second-order valence-corrected chi connectivity index (χ2v) is 0.598. The fraction of sp³-hybridized carbons (Fsp3) is 0.500. The average molecular weight is 306 g/mol. The van der Waals surface area contributed by atoms with Gasteiger partial charge in [0.2, 0.25) is 0 Å². The van der Waals surface area contributed by atoms with Crippen molar-refractivity contribution in [2.75, 3.05) is 6.54 Å². The summed E-state index contributed by atoms with van der Waals surface area (Å²) >= 11 is 0.